The van der Waals surface area contributed by atoms with Crippen molar-refractivity contribution in [3.8, 4) is 0 Å². The van der Waals surface area contributed by atoms with Crippen LogP contribution in [0.1, 0.15) is 39.5 Å². The minimum Gasteiger partial charge on any atom is -0.396 e. The summed E-state index contributed by atoms with van der Waals surface area (Å²) in [4.78, 5) is 0. The van der Waals surface area contributed by atoms with Crippen molar-refractivity contribution < 1.29 is 5.11 Å². The average Bonchev–Trinajstić information content (AvgIpc) is 1.91. The highest BCUT2D eigenvalue weighted by molar-refractivity contribution is 7.59. The second-order valence-electron chi connectivity index (χ2n) is 2.60. The van der Waals surface area contributed by atoms with Gasteiger partial charge in [0.2, 0.25) is 0 Å². The molecule has 0 aromatic carbocycles. The van der Waals surface area contributed by atoms with Crippen molar-refractivity contribution in [2.24, 2.45) is 5.92 Å². The van der Waals surface area contributed by atoms with Gasteiger partial charge in [-0.25, -0.2) is 0 Å². The summed E-state index contributed by atoms with van der Waals surface area (Å²) in [7, 11) is 0. The summed E-state index contributed by atoms with van der Waals surface area (Å²) < 4.78 is 0. The summed E-state index contributed by atoms with van der Waals surface area (Å²) in [6.45, 7) is 4.69. The van der Waals surface area contributed by atoms with Gasteiger partial charge in [-0.1, -0.05) is 33.1 Å². The molecule has 0 aliphatic rings. The van der Waals surface area contributed by atoms with E-state index in [1.54, 1.807) is 0 Å². The Bertz CT molecular complexity index is 53.2. The van der Waals surface area contributed by atoms with Crippen molar-refractivity contribution in [1.29, 1.82) is 0 Å². The van der Waals surface area contributed by atoms with E-state index in [9.17, 15) is 0 Å². The van der Waals surface area contributed by atoms with Gasteiger partial charge in [-0.05, 0) is 12.3 Å². The van der Waals surface area contributed by atoms with Crippen LogP contribution in [0.4, 0.5) is 0 Å². The van der Waals surface area contributed by atoms with Crippen molar-refractivity contribution in [3.05, 3.63) is 0 Å². The second-order valence-corrected chi connectivity index (χ2v) is 2.60. The molecule has 0 rings (SSSR count). The number of aliphatic hydroxyl groups is 1. The maximum absolute atomic E-state index is 8.75. The maximum Gasteiger partial charge on any atom is 0.0459 e. The van der Waals surface area contributed by atoms with E-state index in [0.717, 1.165) is 6.42 Å². The molecule has 0 aromatic rings. The lowest BCUT2D eigenvalue weighted by molar-refractivity contribution is 0.212. The number of aliphatic hydroxyl groups excluding tert-OH is 1. The van der Waals surface area contributed by atoms with Crippen LogP contribution < -0.4 is 0 Å². The van der Waals surface area contributed by atoms with E-state index in [1.165, 1.54) is 19.3 Å². The third-order valence-corrected chi connectivity index (χ3v) is 1.80. The normalized spacial score (nSPS) is 12.3. The van der Waals surface area contributed by atoms with Gasteiger partial charge in [0.25, 0.3) is 0 Å². The van der Waals surface area contributed by atoms with E-state index in [0.29, 0.717) is 12.5 Å². The Morgan fingerprint density at radius 3 is 2.20 bits per heavy atom. The zero-order chi connectivity index (χ0) is 7.11. The number of hydrogen-bond donors (Lipinski definition) is 1. The lowest BCUT2D eigenvalue weighted by atomic mass is 10.0. The SMILES string of the molecule is CCCCC(CC)CO.S. The first-order valence-electron chi connectivity index (χ1n) is 3.96. The van der Waals surface area contributed by atoms with Crippen LogP contribution in [0.3, 0.4) is 0 Å². The van der Waals surface area contributed by atoms with Crippen molar-refractivity contribution in [2.45, 2.75) is 39.5 Å². The molecule has 0 bridgehead atoms. The fourth-order valence-corrected chi connectivity index (χ4v) is 0.917. The molecule has 1 unspecified atom stereocenters. The summed E-state index contributed by atoms with van der Waals surface area (Å²) in [5.41, 5.74) is 0. The maximum atomic E-state index is 8.75. The molecule has 1 atom stereocenters. The van der Waals surface area contributed by atoms with E-state index < -0.39 is 0 Å². The van der Waals surface area contributed by atoms with Crippen molar-refractivity contribution in [2.75, 3.05) is 6.61 Å². The van der Waals surface area contributed by atoms with E-state index >= 15 is 0 Å². The van der Waals surface area contributed by atoms with Gasteiger partial charge >= 0.3 is 0 Å². The Hall–Kier alpha value is 0.310. The molecule has 0 fully saturated rings. The van der Waals surface area contributed by atoms with Gasteiger partial charge in [0, 0.05) is 6.61 Å². The van der Waals surface area contributed by atoms with Gasteiger partial charge in [0.05, 0.1) is 0 Å². The topological polar surface area (TPSA) is 20.2 Å². The second kappa shape index (κ2) is 9.31. The monoisotopic (exact) mass is 164 g/mol. The first-order chi connectivity index (χ1) is 4.35. The van der Waals surface area contributed by atoms with Gasteiger partial charge in [-0.2, -0.15) is 13.5 Å². The molecule has 0 heterocycles. The first kappa shape index (κ1) is 12.9. The average molecular weight is 164 g/mol. The van der Waals surface area contributed by atoms with Crippen LogP contribution in [-0.2, 0) is 0 Å². The summed E-state index contributed by atoms with van der Waals surface area (Å²) in [6, 6.07) is 0. The Morgan fingerprint density at radius 1 is 1.30 bits per heavy atom. The van der Waals surface area contributed by atoms with Gasteiger partial charge in [0.15, 0.2) is 0 Å². The molecule has 0 aromatic heterocycles. The molecule has 0 aliphatic heterocycles. The fourth-order valence-electron chi connectivity index (χ4n) is 0.917. The van der Waals surface area contributed by atoms with E-state index in [4.69, 9.17) is 5.11 Å². The molecule has 0 aliphatic carbocycles. The van der Waals surface area contributed by atoms with Crippen molar-refractivity contribution in [1.82, 2.24) is 0 Å². The summed E-state index contributed by atoms with van der Waals surface area (Å²) in [6.07, 6.45) is 4.83. The zero-order valence-corrected chi connectivity index (χ0v) is 8.06. The summed E-state index contributed by atoms with van der Waals surface area (Å²) >= 11 is 0. The van der Waals surface area contributed by atoms with Crippen LogP contribution in [-0.4, -0.2) is 11.7 Å². The van der Waals surface area contributed by atoms with E-state index in [-0.39, 0.29) is 13.5 Å². The molecule has 10 heavy (non-hydrogen) atoms. The largest absolute Gasteiger partial charge is 0.396 e. The minimum atomic E-state index is 0. The molecule has 0 amide bonds. The molecular weight excluding hydrogens is 144 g/mol. The first-order valence-corrected chi connectivity index (χ1v) is 3.96. The van der Waals surface area contributed by atoms with E-state index in [2.05, 4.69) is 13.8 Å². The third-order valence-electron chi connectivity index (χ3n) is 1.80. The quantitative estimate of drug-likeness (QED) is 0.661. The zero-order valence-electron chi connectivity index (χ0n) is 7.06. The minimum absolute atomic E-state index is 0. The van der Waals surface area contributed by atoms with Crippen LogP contribution in [0.2, 0.25) is 0 Å². The smallest absolute Gasteiger partial charge is 0.0459 e. The lowest BCUT2D eigenvalue weighted by Crippen LogP contribution is -2.03. The molecule has 1 N–H and O–H groups in total. The highest BCUT2D eigenvalue weighted by Gasteiger charge is 2.01. The third kappa shape index (κ3) is 6.43. The highest BCUT2D eigenvalue weighted by Crippen LogP contribution is 2.10. The Morgan fingerprint density at radius 2 is 1.90 bits per heavy atom. The van der Waals surface area contributed by atoms with Gasteiger partial charge in [0.1, 0.15) is 0 Å². The Labute approximate surface area is 71.3 Å². The molecule has 1 nitrogen and oxygen atoms in total. The highest BCUT2D eigenvalue weighted by atomic mass is 32.1. The van der Waals surface area contributed by atoms with Crippen LogP contribution in [0.25, 0.3) is 0 Å². The molecule has 0 saturated carbocycles. The number of unbranched alkanes of at least 4 members (excludes halogenated alkanes) is 1. The number of hydrogen-bond acceptors (Lipinski definition) is 1. The standard InChI is InChI=1S/C8H18O.H2S/c1-3-5-6-8(4-2)7-9;/h8-9H,3-7H2,1-2H3;1H2. The van der Waals surface area contributed by atoms with Crippen LogP contribution in [0.15, 0.2) is 0 Å². The predicted molar refractivity (Wildman–Crippen MR) is 50.8 cm³/mol. The molecule has 0 radical (unpaired) electrons. The van der Waals surface area contributed by atoms with Gasteiger partial charge in [-0.15, -0.1) is 0 Å². The Balaban J connectivity index is 0. The fraction of sp³-hybridized carbons (Fsp3) is 1.00. The number of rotatable bonds is 5. The molecular formula is C8H20OS. The predicted octanol–water partition coefficient (Wildman–Crippen LogP) is 2.31. The van der Waals surface area contributed by atoms with Gasteiger partial charge in [-0.3, -0.25) is 0 Å². The van der Waals surface area contributed by atoms with Crippen LogP contribution in [0.5, 0.6) is 0 Å². The van der Waals surface area contributed by atoms with Crippen molar-refractivity contribution >= 4 is 13.5 Å². The summed E-state index contributed by atoms with van der Waals surface area (Å²) in [5, 5.41) is 8.75. The summed E-state index contributed by atoms with van der Waals surface area (Å²) in [5.74, 6) is 0.560. The lowest BCUT2D eigenvalue weighted by Gasteiger charge is -2.08. The van der Waals surface area contributed by atoms with Crippen LogP contribution in [0, 0.1) is 5.92 Å². The molecule has 0 saturated heterocycles. The van der Waals surface area contributed by atoms with E-state index in [1.807, 2.05) is 0 Å². The van der Waals surface area contributed by atoms with Crippen LogP contribution >= 0.6 is 13.5 Å². The Kier molecular flexibility index (Phi) is 12.0. The van der Waals surface area contributed by atoms with Gasteiger partial charge < -0.3 is 5.11 Å². The molecule has 0 spiro atoms. The van der Waals surface area contributed by atoms with Crippen molar-refractivity contribution in [3.63, 3.8) is 0 Å². The molecule has 2 heteroatoms. The molecule has 64 valence electrons.